The van der Waals surface area contributed by atoms with E-state index in [9.17, 15) is 0 Å². The maximum absolute atomic E-state index is 5.58. The Bertz CT molecular complexity index is 180. The predicted octanol–water partition coefficient (Wildman–Crippen LogP) is 0.768. The zero-order valence-electron chi connectivity index (χ0n) is 11.5. The zero-order chi connectivity index (χ0) is 12.5. The van der Waals surface area contributed by atoms with E-state index in [4.69, 9.17) is 10.5 Å². The van der Waals surface area contributed by atoms with E-state index >= 15 is 0 Å². The summed E-state index contributed by atoms with van der Waals surface area (Å²) in [6.07, 6.45) is 2.75. The second-order valence-electron chi connectivity index (χ2n) is 5.10. The normalized spacial score (nSPS) is 19.1. The highest BCUT2D eigenvalue weighted by molar-refractivity contribution is 4.71. The second-order valence-corrected chi connectivity index (χ2v) is 5.10. The SMILES string of the molecule is CC(C)OCCN1CCN(CCCCN)CC1. The molecule has 0 aromatic carbocycles. The number of nitrogens with zero attached hydrogens (tertiary/aromatic N) is 2. The fourth-order valence-electron chi connectivity index (χ4n) is 2.13. The summed E-state index contributed by atoms with van der Waals surface area (Å²) in [5.74, 6) is 0. The molecule has 1 rings (SSSR count). The summed E-state index contributed by atoms with van der Waals surface area (Å²) in [6.45, 7) is 12.9. The first kappa shape index (κ1) is 14.9. The molecule has 1 fully saturated rings. The molecular weight excluding hydrogens is 214 g/mol. The summed E-state index contributed by atoms with van der Waals surface area (Å²) in [7, 11) is 0. The number of hydrogen-bond acceptors (Lipinski definition) is 4. The van der Waals surface area contributed by atoms with Crippen molar-refractivity contribution in [3.63, 3.8) is 0 Å². The molecule has 0 aromatic heterocycles. The topological polar surface area (TPSA) is 41.7 Å². The molecule has 4 nitrogen and oxygen atoms in total. The lowest BCUT2D eigenvalue weighted by atomic mass is 10.2. The van der Waals surface area contributed by atoms with Crippen molar-refractivity contribution in [3.8, 4) is 0 Å². The number of piperazine rings is 1. The monoisotopic (exact) mass is 243 g/mol. The molecule has 0 spiro atoms. The largest absolute Gasteiger partial charge is 0.377 e. The maximum Gasteiger partial charge on any atom is 0.0596 e. The molecule has 0 amide bonds. The van der Waals surface area contributed by atoms with Crippen molar-refractivity contribution in [2.45, 2.75) is 32.8 Å². The lowest BCUT2D eigenvalue weighted by Gasteiger charge is -2.34. The predicted molar refractivity (Wildman–Crippen MR) is 72.3 cm³/mol. The van der Waals surface area contributed by atoms with E-state index in [1.54, 1.807) is 0 Å². The minimum absolute atomic E-state index is 0.354. The van der Waals surface area contributed by atoms with E-state index in [1.807, 2.05) is 0 Å². The van der Waals surface area contributed by atoms with Crippen molar-refractivity contribution in [1.82, 2.24) is 9.80 Å². The van der Waals surface area contributed by atoms with Gasteiger partial charge in [0.05, 0.1) is 12.7 Å². The number of nitrogens with two attached hydrogens (primary N) is 1. The van der Waals surface area contributed by atoms with Crippen LogP contribution in [0.3, 0.4) is 0 Å². The van der Waals surface area contributed by atoms with Crippen LogP contribution in [0.4, 0.5) is 0 Å². The van der Waals surface area contributed by atoms with Gasteiger partial charge < -0.3 is 15.4 Å². The lowest BCUT2D eigenvalue weighted by Crippen LogP contribution is -2.47. The molecule has 4 heteroatoms. The second kappa shape index (κ2) is 8.86. The van der Waals surface area contributed by atoms with Crippen molar-refractivity contribution in [3.05, 3.63) is 0 Å². The molecule has 1 aliphatic heterocycles. The van der Waals surface area contributed by atoms with Crippen LogP contribution in [-0.4, -0.2) is 68.3 Å². The summed E-state index contributed by atoms with van der Waals surface area (Å²) in [5.41, 5.74) is 5.50. The van der Waals surface area contributed by atoms with Crippen molar-refractivity contribution in [1.29, 1.82) is 0 Å². The Hall–Kier alpha value is -0.160. The van der Waals surface area contributed by atoms with Gasteiger partial charge in [-0.25, -0.2) is 0 Å². The van der Waals surface area contributed by atoms with Gasteiger partial charge >= 0.3 is 0 Å². The molecule has 0 radical (unpaired) electrons. The highest BCUT2D eigenvalue weighted by Gasteiger charge is 2.15. The average molecular weight is 243 g/mol. The molecule has 0 atom stereocenters. The summed E-state index contributed by atoms with van der Waals surface area (Å²) < 4.78 is 5.58. The number of rotatable bonds is 8. The van der Waals surface area contributed by atoms with Gasteiger partial charge in [0, 0.05) is 32.7 Å². The highest BCUT2D eigenvalue weighted by Crippen LogP contribution is 2.03. The van der Waals surface area contributed by atoms with E-state index in [1.165, 1.54) is 39.1 Å². The van der Waals surface area contributed by atoms with Gasteiger partial charge in [0.2, 0.25) is 0 Å². The Labute approximate surface area is 106 Å². The maximum atomic E-state index is 5.58. The number of ether oxygens (including phenoxy) is 1. The molecular formula is C13H29N3O. The van der Waals surface area contributed by atoms with Crippen LogP contribution in [-0.2, 0) is 4.74 Å². The summed E-state index contributed by atoms with van der Waals surface area (Å²) >= 11 is 0. The van der Waals surface area contributed by atoms with E-state index in [-0.39, 0.29) is 0 Å². The van der Waals surface area contributed by atoms with Gasteiger partial charge in [0.25, 0.3) is 0 Å². The minimum Gasteiger partial charge on any atom is -0.377 e. The molecule has 0 unspecified atom stereocenters. The molecule has 2 N–H and O–H groups in total. The summed E-state index contributed by atoms with van der Waals surface area (Å²) in [5, 5.41) is 0. The number of unbranched alkanes of at least 4 members (excludes halogenated alkanes) is 1. The molecule has 102 valence electrons. The fraction of sp³-hybridized carbons (Fsp3) is 1.00. The third kappa shape index (κ3) is 6.99. The van der Waals surface area contributed by atoms with Crippen LogP contribution in [0.1, 0.15) is 26.7 Å². The van der Waals surface area contributed by atoms with Crippen LogP contribution in [0.25, 0.3) is 0 Å². The van der Waals surface area contributed by atoms with Gasteiger partial charge in [-0.15, -0.1) is 0 Å². The van der Waals surface area contributed by atoms with Crippen molar-refractivity contribution >= 4 is 0 Å². The molecule has 0 aliphatic carbocycles. The molecule has 17 heavy (non-hydrogen) atoms. The van der Waals surface area contributed by atoms with Crippen LogP contribution in [0, 0.1) is 0 Å². The van der Waals surface area contributed by atoms with Crippen LogP contribution in [0.2, 0.25) is 0 Å². The van der Waals surface area contributed by atoms with E-state index in [2.05, 4.69) is 23.6 Å². The fourth-order valence-corrected chi connectivity index (χ4v) is 2.13. The van der Waals surface area contributed by atoms with Crippen molar-refractivity contribution in [2.75, 3.05) is 52.4 Å². The van der Waals surface area contributed by atoms with Gasteiger partial charge in [-0.2, -0.15) is 0 Å². The van der Waals surface area contributed by atoms with Crippen molar-refractivity contribution in [2.24, 2.45) is 5.73 Å². The smallest absolute Gasteiger partial charge is 0.0596 e. The molecule has 0 saturated carbocycles. The third-order valence-electron chi connectivity index (χ3n) is 3.25. The Morgan fingerprint density at radius 3 is 2.12 bits per heavy atom. The Balaban J connectivity index is 2.01. The van der Waals surface area contributed by atoms with Crippen LogP contribution in [0.15, 0.2) is 0 Å². The zero-order valence-corrected chi connectivity index (χ0v) is 11.5. The van der Waals surface area contributed by atoms with Gasteiger partial charge in [-0.3, -0.25) is 4.90 Å². The van der Waals surface area contributed by atoms with Crippen LogP contribution < -0.4 is 5.73 Å². The first-order valence-electron chi connectivity index (χ1n) is 6.98. The van der Waals surface area contributed by atoms with Gasteiger partial charge in [-0.1, -0.05) is 0 Å². The van der Waals surface area contributed by atoms with Gasteiger partial charge in [-0.05, 0) is 39.8 Å². The standard InChI is InChI=1S/C13H29N3O/c1-13(2)17-12-11-16-9-7-15(8-10-16)6-4-3-5-14/h13H,3-12,14H2,1-2H3. The summed E-state index contributed by atoms with van der Waals surface area (Å²) in [4.78, 5) is 5.05. The summed E-state index contributed by atoms with van der Waals surface area (Å²) in [6, 6.07) is 0. The number of hydrogen-bond donors (Lipinski definition) is 1. The molecule has 0 bridgehead atoms. The van der Waals surface area contributed by atoms with Crippen LogP contribution >= 0.6 is 0 Å². The van der Waals surface area contributed by atoms with Crippen LogP contribution in [0.5, 0.6) is 0 Å². The minimum atomic E-state index is 0.354. The lowest BCUT2D eigenvalue weighted by molar-refractivity contribution is 0.0446. The first-order chi connectivity index (χ1) is 8.22. The first-order valence-corrected chi connectivity index (χ1v) is 6.98. The molecule has 0 aromatic rings. The Morgan fingerprint density at radius 2 is 1.59 bits per heavy atom. The molecule has 1 saturated heterocycles. The van der Waals surface area contributed by atoms with E-state index in [0.717, 1.165) is 26.1 Å². The van der Waals surface area contributed by atoms with Gasteiger partial charge in [0.1, 0.15) is 0 Å². The van der Waals surface area contributed by atoms with Gasteiger partial charge in [0.15, 0.2) is 0 Å². The van der Waals surface area contributed by atoms with Crippen molar-refractivity contribution < 1.29 is 4.74 Å². The highest BCUT2D eigenvalue weighted by atomic mass is 16.5. The third-order valence-corrected chi connectivity index (χ3v) is 3.25. The average Bonchev–Trinajstić information content (AvgIpc) is 2.31. The Morgan fingerprint density at radius 1 is 1.00 bits per heavy atom. The molecule has 1 heterocycles. The molecule has 1 aliphatic rings. The van der Waals surface area contributed by atoms with E-state index < -0.39 is 0 Å². The Kier molecular flexibility index (Phi) is 7.77. The quantitative estimate of drug-likeness (QED) is 0.639. The van der Waals surface area contributed by atoms with E-state index in [0.29, 0.717) is 6.10 Å².